The van der Waals surface area contributed by atoms with Crippen LogP contribution in [0, 0.1) is 0 Å². The smallest absolute Gasteiger partial charge is 0.461 e. The zero-order valence-corrected chi connectivity index (χ0v) is 10.2. The van der Waals surface area contributed by atoms with Crippen LogP contribution in [0.3, 0.4) is 0 Å². The molecule has 1 heterocycles. The maximum Gasteiger partial charge on any atom is 0.461 e. The molecule has 11 heteroatoms. The Bertz CT molecular complexity index is 473. The molecule has 0 amide bonds. The van der Waals surface area contributed by atoms with Gasteiger partial charge in [0.2, 0.25) is 5.82 Å². The molecule has 0 bridgehead atoms. The van der Waals surface area contributed by atoms with Gasteiger partial charge in [0.05, 0.1) is 5.75 Å². The molecule has 1 aromatic heterocycles. The van der Waals surface area contributed by atoms with Crippen LogP contribution in [0.5, 0.6) is 0 Å². The van der Waals surface area contributed by atoms with Crippen LogP contribution >= 0.6 is 11.8 Å². The Balaban J connectivity index is 3.14. The number of carboxylic acid groups (broad SMARTS) is 1. The maximum atomic E-state index is 13.1. The molecule has 0 atom stereocenters. The van der Waals surface area contributed by atoms with Gasteiger partial charge in [-0.1, -0.05) is 11.8 Å². The number of rotatable bonds is 5. The number of nitrogens with zero attached hydrogens (tertiary/aromatic N) is 3. The second kappa shape index (κ2) is 5.31. The van der Waals surface area contributed by atoms with Crippen LogP contribution in [0.25, 0.3) is 0 Å². The zero-order chi connectivity index (χ0) is 14.8. The molecule has 0 aliphatic heterocycles. The van der Waals surface area contributed by atoms with Crippen LogP contribution in [0.1, 0.15) is 12.7 Å². The Kier molecular flexibility index (Phi) is 4.38. The summed E-state index contributed by atoms with van der Waals surface area (Å²) in [7, 11) is 0. The summed E-state index contributed by atoms with van der Waals surface area (Å²) in [5.74, 6) is -8.46. The lowest BCUT2D eigenvalue weighted by Crippen LogP contribution is -2.36. The summed E-state index contributed by atoms with van der Waals surface area (Å²) < 4.78 is 63.5. The third-order valence-electron chi connectivity index (χ3n) is 1.99. The first-order valence-electron chi connectivity index (χ1n) is 4.84. The molecule has 0 aliphatic rings. The summed E-state index contributed by atoms with van der Waals surface area (Å²) in [5.41, 5.74) is 0. The molecule has 0 saturated carbocycles. The van der Waals surface area contributed by atoms with Crippen LogP contribution < -0.4 is 0 Å². The van der Waals surface area contributed by atoms with Gasteiger partial charge in [0, 0.05) is 6.54 Å². The molecule has 0 aromatic carbocycles. The molecule has 1 aromatic rings. The molecule has 0 fully saturated rings. The number of alkyl halides is 5. The molecule has 0 unspecified atom stereocenters. The van der Waals surface area contributed by atoms with Crippen LogP contribution in [0.4, 0.5) is 22.0 Å². The lowest BCUT2D eigenvalue weighted by molar-refractivity contribution is -0.293. The van der Waals surface area contributed by atoms with Gasteiger partial charge in [-0.15, -0.1) is 10.2 Å². The van der Waals surface area contributed by atoms with Crippen molar-refractivity contribution in [1.29, 1.82) is 0 Å². The van der Waals surface area contributed by atoms with E-state index >= 15 is 0 Å². The molecule has 1 rings (SSSR count). The van der Waals surface area contributed by atoms with Crippen LogP contribution in [0.15, 0.2) is 5.16 Å². The van der Waals surface area contributed by atoms with Gasteiger partial charge >= 0.3 is 18.1 Å². The standard InChI is InChI=1S/C8H8F5N3O2S/c1-2-16-5(7(9,10)8(11,12)13)14-15-6(16)19-3-4(17)18/h2-3H2,1H3,(H,17,18). The molecular formula is C8H8F5N3O2S. The number of hydrogen-bond acceptors (Lipinski definition) is 4. The second-order valence-corrected chi connectivity index (χ2v) is 4.25. The molecule has 5 nitrogen and oxygen atoms in total. The van der Waals surface area contributed by atoms with E-state index in [-0.39, 0.29) is 11.7 Å². The molecule has 19 heavy (non-hydrogen) atoms. The summed E-state index contributed by atoms with van der Waals surface area (Å²) >= 11 is 0.516. The highest BCUT2D eigenvalue weighted by molar-refractivity contribution is 7.99. The second-order valence-electron chi connectivity index (χ2n) is 3.31. The largest absolute Gasteiger partial charge is 0.481 e. The SMILES string of the molecule is CCn1c(SCC(=O)O)nnc1C(F)(F)C(F)(F)F. The monoisotopic (exact) mass is 305 g/mol. The van der Waals surface area contributed by atoms with Crippen LogP contribution in [-0.2, 0) is 17.3 Å². The summed E-state index contributed by atoms with van der Waals surface area (Å²) in [6.45, 7) is 1.08. The Morgan fingerprint density at radius 3 is 2.32 bits per heavy atom. The van der Waals surface area contributed by atoms with Crippen LogP contribution in [-0.4, -0.2) is 37.8 Å². The minimum atomic E-state index is -5.79. The van der Waals surface area contributed by atoms with Crippen molar-refractivity contribution in [3.8, 4) is 0 Å². The maximum absolute atomic E-state index is 13.1. The quantitative estimate of drug-likeness (QED) is 0.667. The van der Waals surface area contributed by atoms with Crippen LogP contribution in [0.2, 0.25) is 0 Å². The Hall–Kier alpha value is -1.39. The molecule has 0 aliphatic carbocycles. The van der Waals surface area contributed by atoms with Gasteiger partial charge in [-0.2, -0.15) is 22.0 Å². The van der Waals surface area contributed by atoms with Crippen molar-refractivity contribution in [3.05, 3.63) is 5.82 Å². The van der Waals surface area contributed by atoms with Gasteiger partial charge in [0.15, 0.2) is 5.16 Å². The molecule has 108 valence electrons. The van der Waals surface area contributed by atoms with E-state index in [1.54, 1.807) is 0 Å². The summed E-state index contributed by atoms with van der Waals surface area (Å²) in [4.78, 5) is 10.3. The molecule has 1 N–H and O–H groups in total. The van der Waals surface area contributed by atoms with E-state index in [1.807, 2.05) is 0 Å². The van der Waals surface area contributed by atoms with E-state index in [2.05, 4.69) is 10.2 Å². The summed E-state index contributed by atoms with van der Waals surface area (Å²) in [5, 5.41) is 14.1. The Morgan fingerprint density at radius 1 is 1.32 bits per heavy atom. The minimum absolute atomic E-state index is 0.240. The van der Waals surface area contributed by atoms with Crippen molar-refractivity contribution in [1.82, 2.24) is 14.8 Å². The van der Waals surface area contributed by atoms with Crippen molar-refractivity contribution < 1.29 is 31.9 Å². The Labute approximate surface area is 107 Å². The fourth-order valence-corrected chi connectivity index (χ4v) is 1.89. The van der Waals surface area contributed by atoms with E-state index in [1.165, 1.54) is 6.92 Å². The molecular weight excluding hydrogens is 297 g/mol. The molecule has 0 radical (unpaired) electrons. The number of carbonyl (C=O) groups is 1. The zero-order valence-electron chi connectivity index (χ0n) is 9.41. The first kappa shape index (κ1) is 15.7. The molecule has 0 spiro atoms. The van der Waals surface area contributed by atoms with E-state index in [0.717, 1.165) is 0 Å². The van der Waals surface area contributed by atoms with E-state index in [4.69, 9.17) is 5.11 Å². The predicted molar refractivity (Wildman–Crippen MR) is 54.0 cm³/mol. The third kappa shape index (κ3) is 3.14. The van der Waals surface area contributed by atoms with Crippen molar-refractivity contribution in [3.63, 3.8) is 0 Å². The van der Waals surface area contributed by atoms with E-state index in [0.29, 0.717) is 16.3 Å². The third-order valence-corrected chi connectivity index (χ3v) is 2.95. The highest BCUT2D eigenvalue weighted by atomic mass is 32.2. The number of aromatic nitrogens is 3. The van der Waals surface area contributed by atoms with Crippen molar-refractivity contribution >= 4 is 17.7 Å². The van der Waals surface area contributed by atoms with E-state index < -0.39 is 29.6 Å². The lowest BCUT2D eigenvalue weighted by Gasteiger charge is -2.19. The predicted octanol–water partition coefficient (Wildman–Crippen LogP) is 2.13. The van der Waals surface area contributed by atoms with Gasteiger partial charge in [0.25, 0.3) is 0 Å². The van der Waals surface area contributed by atoms with Crippen molar-refractivity contribution in [2.24, 2.45) is 0 Å². The first-order chi connectivity index (χ1) is 8.61. The lowest BCUT2D eigenvalue weighted by atomic mass is 10.3. The van der Waals surface area contributed by atoms with Gasteiger partial charge in [-0.05, 0) is 6.92 Å². The number of carboxylic acids is 1. The Morgan fingerprint density at radius 2 is 1.89 bits per heavy atom. The normalized spacial score (nSPS) is 12.7. The van der Waals surface area contributed by atoms with Crippen molar-refractivity contribution in [2.45, 2.75) is 30.7 Å². The molecule has 0 saturated heterocycles. The minimum Gasteiger partial charge on any atom is -0.481 e. The topological polar surface area (TPSA) is 68.0 Å². The van der Waals surface area contributed by atoms with Gasteiger partial charge < -0.3 is 9.67 Å². The fourth-order valence-electron chi connectivity index (χ4n) is 1.17. The average Bonchev–Trinajstić information content (AvgIpc) is 2.67. The van der Waals surface area contributed by atoms with Gasteiger partial charge in [-0.25, -0.2) is 0 Å². The number of aliphatic carboxylic acids is 1. The fraction of sp³-hybridized carbons (Fsp3) is 0.625. The average molecular weight is 305 g/mol. The number of halogens is 5. The van der Waals surface area contributed by atoms with Crippen molar-refractivity contribution in [2.75, 3.05) is 5.75 Å². The van der Waals surface area contributed by atoms with Gasteiger partial charge in [0.1, 0.15) is 0 Å². The summed E-state index contributed by atoms with van der Waals surface area (Å²) in [6.07, 6.45) is -5.79. The van der Waals surface area contributed by atoms with E-state index in [9.17, 15) is 26.7 Å². The van der Waals surface area contributed by atoms with Gasteiger partial charge in [-0.3, -0.25) is 4.79 Å². The summed E-state index contributed by atoms with van der Waals surface area (Å²) in [6, 6.07) is 0. The highest BCUT2D eigenvalue weighted by Gasteiger charge is 2.62. The highest BCUT2D eigenvalue weighted by Crippen LogP contribution is 2.43. The number of thioether (sulfide) groups is 1. The number of hydrogen-bond donors (Lipinski definition) is 1. The first-order valence-corrected chi connectivity index (χ1v) is 5.82.